The third kappa shape index (κ3) is 3.92. The Morgan fingerprint density at radius 1 is 1.36 bits per heavy atom. The minimum absolute atomic E-state index is 0. The maximum atomic E-state index is 12.8. The number of para-hydroxylation sites is 1. The fourth-order valence-corrected chi connectivity index (χ4v) is 3.36. The number of hydrogen-bond donors (Lipinski definition) is 1. The van der Waals surface area contributed by atoms with Crippen LogP contribution < -0.4 is 5.32 Å². The van der Waals surface area contributed by atoms with E-state index in [-0.39, 0.29) is 30.2 Å². The molecule has 1 fully saturated rings. The summed E-state index contributed by atoms with van der Waals surface area (Å²) in [5.74, 6) is 0.661. The van der Waals surface area contributed by atoms with Crippen LogP contribution in [-0.4, -0.2) is 51.2 Å². The average Bonchev–Trinajstić information content (AvgIpc) is 2.98. The summed E-state index contributed by atoms with van der Waals surface area (Å²) in [6.45, 7) is 6.14. The fraction of sp³-hybridized carbons (Fsp3) is 0.438. The Morgan fingerprint density at radius 2 is 2.04 bits per heavy atom. The number of aromatic nitrogens is 3. The molecule has 0 radical (unpaired) electrons. The largest absolute Gasteiger partial charge is 0.331 e. The zero-order valence-corrected chi connectivity index (χ0v) is 16.3. The van der Waals surface area contributed by atoms with E-state index in [4.69, 9.17) is 23.2 Å². The van der Waals surface area contributed by atoms with Gasteiger partial charge in [0.2, 0.25) is 5.82 Å². The van der Waals surface area contributed by atoms with Crippen LogP contribution in [0.4, 0.5) is 0 Å². The molecule has 1 aromatic carbocycles. The molecule has 1 unspecified atom stereocenters. The highest BCUT2D eigenvalue weighted by atomic mass is 35.5. The number of piperazine rings is 1. The van der Waals surface area contributed by atoms with Gasteiger partial charge in [0.25, 0.3) is 5.91 Å². The van der Waals surface area contributed by atoms with Gasteiger partial charge in [0.05, 0.1) is 10.0 Å². The van der Waals surface area contributed by atoms with Gasteiger partial charge in [0.1, 0.15) is 11.5 Å². The second kappa shape index (κ2) is 8.36. The van der Waals surface area contributed by atoms with Crippen molar-refractivity contribution in [1.29, 1.82) is 0 Å². The zero-order chi connectivity index (χ0) is 17.3. The molecule has 1 aliphatic rings. The maximum Gasteiger partial charge on any atom is 0.293 e. The van der Waals surface area contributed by atoms with Crippen LogP contribution in [0.1, 0.15) is 30.3 Å². The lowest BCUT2D eigenvalue weighted by Gasteiger charge is -2.33. The zero-order valence-electron chi connectivity index (χ0n) is 14.0. The molecule has 0 bridgehead atoms. The summed E-state index contributed by atoms with van der Waals surface area (Å²) in [5, 5.41) is 8.61. The Hall–Kier alpha value is -1.34. The standard InChI is InChI=1S/C16H19Cl2N5O.ClH/c1-3-13-20-15(16(24)22-8-7-19-9-10(22)2)21-23(13)14-11(17)5-4-6-12(14)18;/h4-6,10,19H,3,7-9H2,1-2H3;1H. The van der Waals surface area contributed by atoms with E-state index in [0.717, 1.165) is 13.1 Å². The number of carbonyl (C=O) groups excluding carboxylic acids is 1. The van der Waals surface area contributed by atoms with Gasteiger partial charge in [-0.05, 0) is 19.1 Å². The van der Waals surface area contributed by atoms with E-state index in [9.17, 15) is 4.79 Å². The van der Waals surface area contributed by atoms with Gasteiger partial charge in [0.15, 0.2) is 0 Å². The first-order chi connectivity index (χ1) is 11.5. The van der Waals surface area contributed by atoms with E-state index in [1.807, 2.05) is 13.8 Å². The Kier molecular flexibility index (Phi) is 6.68. The number of nitrogens with one attached hydrogen (secondary N) is 1. The Morgan fingerprint density at radius 3 is 2.64 bits per heavy atom. The topological polar surface area (TPSA) is 63.1 Å². The van der Waals surface area contributed by atoms with Crippen LogP contribution in [0.3, 0.4) is 0 Å². The van der Waals surface area contributed by atoms with Crippen molar-refractivity contribution in [3.05, 3.63) is 39.9 Å². The number of aryl methyl sites for hydroxylation is 1. The average molecular weight is 405 g/mol. The number of nitrogens with zero attached hydrogens (tertiary/aromatic N) is 4. The second-order valence-electron chi connectivity index (χ2n) is 5.74. The van der Waals surface area contributed by atoms with Crippen molar-refractivity contribution >= 4 is 41.5 Å². The van der Waals surface area contributed by atoms with Gasteiger partial charge >= 0.3 is 0 Å². The molecule has 1 aromatic heterocycles. The fourth-order valence-electron chi connectivity index (χ4n) is 2.81. The minimum atomic E-state index is -0.166. The van der Waals surface area contributed by atoms with Crippen molar-refractivity contribution in [2.24, 2.45) is 0 Å². The van der Waals surface area contributed by atoms with Gasteiger partial charge in [0, 0.05) is 32.1 Å². The molecule has 0 saturated carbocycles. The summed E-state index contributed by atoms with van der Waals surface area (Å²) in [5.41, 5.74) is 0.553. The second-order valence-corrected chi connectivity index (χ2v) is 6.55. The lowest BCUT2D eigenvalue weighted by atomic mass is 10.2. The van der Waals surface area contributed by atoms with Crippen LogP contribution in [0.2, 0.25) is 10.0 Å². The highest BCUT2D eigenvalue weighted by molar-refractivity contribution is 6.37. The van der Waals surface area contributed by atoms with E-state index >= 15 is 0 Å². The Balaban J connectivity index is 0.00000225. The molecule has 2 aromatic rings. The predicted octanol–water partition coefficient (Wildman–Crippen LogP) is 2.99. The molecule has 6 nitrogen and oxygen atoms in total. The number of benzene rings is 1. The van der Waals surface area contributed by atoms with Gasteiger partial charge in [-0.1, -0.05) is 36.2 Å². The van der Waals surface area contributed by atoms with Crippen LogP contribution in [0.5, 0.6) is 0 Å². The van der Waals surface area contributed by atoms with Gasteiger partial charge < -0.3 is 10.2 Å². The molecule has 1 saturated heterocycles. The monoisotopic (exact) mass is 403 g/mol. The van der Waals surface area contributed by atoms with Crippen LogP contribution in [-0.2, 0) is 6.42 Å². The van der Waals surface area contributed by atoms with Crippen molar-refractivity contribution < 1.29 is 4.79 Å². The number of halogens is 3. The van der Waals surface area contributed by atoms with Gasteiger partial charge in [-0.25, -0.2) is 9.67 Å². The van der Waals surface area contributed by atoms with E-state index in [1.54, 1.807) is 27.8 Å². The third-order valence-corrected chi connectivity index (χ3v) is 4.70. The molecular formula is C16H20Cl3N5O. The van der Waals surface area contributed by atoms with Gasteiger partial charge in [-0.3, -0.25) is 4.79 Å². The van der Waals surface area contributed by atoms with Crippen LogP contribution in [0.25, 0.3) is 5.69 Å². The van der Waals surface area contributed by atoms with Crippen LogP contribution >= 0.6 is 35.6 Å². The van der Waals surface area contributed by atoms with Crippen molar-refractivity contribution in [2.75, 3.05) is 19.6 Å². The molecule has 9 heteroatoms. The number of amides is 1. The first kappa shape index (κ1) is 20.0. The third-order valence-electron chi connectivity index (χ3n) is 4.09. The molecule has 2 heterocycles. The molecule has 25 heavy (non-hydrogen) atoms. The summed E-state index contributed by atoms with van der Waals surface area (Å²) >= 11 is 12.6. The van der Waals surface area contributed by atoms with Gasteiger partial charge in [-0.15, -0.1) is 17.5 Å². The smallest absolute Gasteiger partial charge is 0.293 e. The summed E-state index contributed by atoms with van der Waals surface area (Å²) < 4.78 is 1.57. The van der Waals surface area contributed by atoms with Crippen molar-refractivity contribution in [3.63, 3.8) is 0 Å². The van der Waals surface area contributed by atoms with E-state index < -0.39 is 0 Å². The van der Waals surface area contributed by atoms with Crippen molar-refractivity contribution in [2.45, 2.75) is 26.3 Å². The van der Waals surface area contributed by atoms with E-state index in [1.165, 1.54) is 0 Å². The van der Waals surface area contributed by atoms with Crippen molar-refractivity contribution in [1.82, 2.24) is 25.0 Å². The first-order valence-corrected chi connectivity index (χ1v) is 8.70. The highest BCUT2D eigenvalue weighted by Crippen LogP contribution is 2.29. The number of carbonyl (C=O) groups is 1. The quantitative estimate of drug-likeness (QED) is 0.854. The minimum Gasteiger partial charge on any atom is -0.331 e. The Bertz CT molecular complexity index is 744. The predicted molar refractivity (Wildman–Crippen MR) is 101 cm³/mol. The maximum absolute atomic E-state index is 12.8. The lowest BCUT2D eigenvalue weighted by molar-refractivity contribution is 0.0643. The van der Waals surface area contributed by atoms with Crippen LogP contribution in [0.15, 0.2) is 18.2 Å². The Labute approximate surface area is 162 Å². The first-order valence-electron chi connectivity index (χ1n) is 7.95. The van der Waals surface area contributed by atoms with E-state index in [2.05, 4.69) is 15.4 Å². The highest BCUT2D eigenvalue weighted by Gasteiger charge is 2.28. The summed E-state index contributed by atoms with van der Waals surface area (Å²) in [7, 11) is 0. The van der Waals surface area contributed by atoms with Crippen molar-refractivity contribution in [3.8, 4) is 5.69 Å². The number of hydrogen-bond acceptors (Lipinski definition) is 4. The SMILES string of the molecule is CCc1nc(C(=O)N2CCNCC2C)nn1-c1c(Cl)cccc1Cl.Cl. The molecule has 0 spiro atoms. The lowest BCUT2D eigenvalue weighted by Crippen LogP contribution is -2.52. The molecular weight excluding hydrogens is 385 g/mol. The number of rotatable bonds is 3. The molecule has 1 atom stereocenters. The normalized spacial score (nSPS) is 17.3. The molecule has 1 aliphatic heterocycles. The molecule has 0 aliphatic carbocycles. The molecule has 136 valence electrons. The summed E-state index contributed by atoms with van der Waals surface area (Å²) in [6, 6.07) is 5.35. The molecule has 1 N–H and O–H groups in total. The van der Waals surface area contributed by atoms with Crippen LogP contribution in [0, 0.1) is 0 Å². The van der Waals surface area contributed by atoms with E-state index in [0.29, 0.717) is 34.5 Å². The summed E-state index contributed by atoms with van der Waals surface area (Å²) in [4.78, 5) is 19.0. The molecule has 1 amide bonds. The van der Waals surface area contributed by atoms with Gasteiger partial charge in [-0.2, -0.15) is 0 Å². The summed E-state index contributed by atoms with van der Waals surface area (Å²) in [6.07, 6.45) is 0.610. The molecule has 3 rings (SSSR count).